The summed E-state index contributed by atoms with van der Waals surface area (Å²) < 4.78 is 0. The number of fused-ring (bicyclic) bond motifs is 1. The van der Waals surface area contributed by atoms with E-state index in [4.69, 9.17) is 0 Å². The Morgan fingerprint density at radius 1 is 1.00 bits per heavy atom. The van der Waals surface area contributed by atoms with E-state index >= 15 is 0 Å². The van der Waals surface area contributed by atoms with E-state index in [0.29, 0.717) is 12.2 Å². The summed E-state index contributed by atoms with van der Waals surface area (Å²) in [4.78, 5) is 15.1. The lowest BCUT2D eigenvalue weighted by molar-refractivity contribution is 0.0947. The number of H-pyrrole nitrogens is 1. The van der Waals surface area contributed by atoms with Gasteiger partial charge in [-0.1, -0.05) is 55.3 Å². The molecule has 140 valence electrons. The molecule has 1 aliphatic rings. The Bertz CT molecular complexity index is 909. The minimum atomic E-state index is -0.148. The number of likely N-dealkylation sites (tertiary alicyclic amines) is 1. The molecule has 0 unspecified atom stereocenters. The van der Waals surface area contributed by atoms with Crippen molar-refractivity contribution in [2.24, 2.45) is 0 Å². The first-order valence-electron chi connectivity index (χ1n) is 9.81. The molecule has 2 aromatic carbocycles. The molecular weight excluding hydrogens is 336 g/mol. The van der Waals surface area contributed by atoms with Crippen LogP contribution in [0.5, 0.6) is 0 Å². The van der Waals surface area contributed by atoms with Crippen molar-refractivity contribution in [3.63, 3.8) is 0 Å². The molecule has 0 saturated carbocycles. The smallest absolute Gasteiger partial charge is 0.272 e. The van der Waals surface area contributed by atoms with Gasteiger partial charge in [-0.05, 0) is 43.1 Å². The average Bonchev–Trinajstić information content (AvgIpc) is 2.96. The van der Waals surface area contributed by atoms with E-state index in [9.17, 15) is 4.79 Å². The maximum atomic E-state index is 12.5. The first kappa shape index (κ1) is 17.7. The topological polar surface area (TPSA) is 61.0 Å². The predicted octanol–water partition coefficient (Wildman–Crippen LogP) is 3.87. The molecule has 27 heavy (non-hydrogen) atoms. The van der Waals surface area contributed by atoms with Gasteiger partial charge in [0, 0.05) is 18.5 Å². The van der Waals surface area contributed by atoms with Gasteiger partial charge in [0.25, 0.3) is 5.91 Å². The maximum Gasteiger partial charge on any atom is 0.272 e. The Labute approximate surface area is 159 Å². The molecule has 1 aliphatic heterocycles. The monoisotopic (exact) mass is 362 g/mol. The van der Waals surface area contributed by atoms with Crippen molar-refractivity contribution in [3.8, 4) is 0 Å². The summed E-state index contributed by atoms with van der Waals surface area (Å²) in [5.41, 5.74) is 3.76. The molecule has 5 nitrogen and oxygen atoms in total. The highest BCUT2D eigenvalue weighted by atomic mass is 16.1. The summed E-state index contributed by atoms with van der Waals surface area (Å²) in [5.74, 6) is -0.148. The van der Waals surface area contributed by atoms with Crippen LogP contribution >= 0.6 is 0 Å². The molecule has 0 bridgehead atoms. The van der Waals surface area contributed by atoms with Crippen molar-refractivity contribution in [2.75, 3.05) is 13.1 Å². The molecule has 2 heterocycles. The van der Waals surface area contributed by atoms with Crippen LogP contribution < -0.4 is 5.32 Å². The highest BCUT2D eigenvalue weighted by molar-refractivity contribution is 6.04. The lowest BCUT2D eigenvalue weighted by Crippen LogP contribution is -2.25. The summed E-state index contributed by atoms with van der Waals surface area (Å²) in [5, 5.41) is 10.9. The molecule has 0 aliphatic carbocycles. The summed E-state index contributed by atoms with van der Waals surface area (Å²) in [7, 11) is 0. The van der Waals surface area contributed by atoms with Gasteiger partial charge in [0.15, 0.2) is 5.69 Å². The van der Waals surface area contributed by atoms with E-state index < -0.39 is 0 Å². The van der Waals surface area contributed by atoms with Gasteiger partial charge in [0.05, 0.1) is 5.52 Å². The minimum Gasteiger partial charge on any atom is -0.347 e. The van der Waals surface area contributed by atoms with Gasteiger partial charge in [0.2, 0.25) is 0 Å². The first-order chi connectivity index (χ1) is 13.3. The molecule has 0 radical (unpaired) electrons. The van der Waals surface area contributed by atoms with Crippen LogP contribution in [0.15, 0.2) is 48.5 Å². The fourth-order valence-corrected chi connectivity index (χ4v) is 3.79. The number of benzene rings is 2. The largest absolute Gasteiger partial charge is 0.347 e. The Balaban J connectivity index is 1.38. The second-order valence-corrected chi connectivity index (χ2v) is 7.31. The van der Waals surface area contributed by atoms with E-state index in [1.165, 1.54) is 44.3 Å². The number of aromatic nitrogens is 2. The average molecular weight is 362 g/mol. The van der Waals surface area contributed by atoms with E-state index in [-0.39, 0.29) is 5.91 Å². The molecule has 0 atom stereocenters. The fourth-order valence-electron chi connectivity index (χ4n) is 3.79. The van der Waals surface area contributed by atoms with E-state index in [1.807, 2.05) is 24.3 Å². The Kier molecular flexibility index (Phi) is 5.49. The van der Waals surface area contributed by atoms with Crippen molar-refractivity contribution in [3.05, 3.63) is 65.4 Å². The third-order valence-electron chi connectivity index (χ3n) is 5.23. The van der Waals surface area contributed by atoms with Crippen LogP contribution in [0, 0.1) is 0 Å². The van der Waals surface area contributed by atoms with Gasteiger partial charge >= 0.3 is 0 Å². The molecule has 1 aromatic heterocycles. The van der Waals surface area contributed by atoms with E-state index in [2.05, 4.69) is 44.7 Å². The third-order valence-corrected chi connectivity index (χ3v) is 5.23. The predicted molar refractivity (Wildman–Crippen MR) is 107 cm³/mol. The van der Waals surface area contributed by atoms with Gasteiger partial charge in [-0.2, -0.15) is 5.10 Å². The number of hydrogen-bond donors (Lipinski definition) is 2. The second-order valence-electron chi connectivity index (χ2n) is 7.31. The molecule has 3 aromatic rings. The number of aromatic amines is 1. The Hall–Kier alpha value is -2.66. The summed E-state index contributed by atoms with van der Waals surface area (Å²) in [6, 6.07) is 16.2. The molecule has 5 heteroatoms. The zero-order valence-electron chi connectivity index (χ0n) is 15.6. The summed E-state index contributed by atoms with van der Waals surface area (Å²) in [6.45, 7) is 3.88. The van der Waals surface area contributed by atoms with E-state index in [1.54, 1.807) is 0 Å². The molecular formula is C22H26N4O. The molecule has 1 saturated heterocycles. The number of carbonyl (C=O) groups is 1. The number of hydrogen-bond acceptors (Lipinski definition) is 3. The van der Waals surface area contributed by atoms with Crippen LogP contribution in [-0.2, 0) is 13.1 Å². The minimum absolute atomic E-state index is 0.148. The number of carbonyl (C=O) groups excluding carboxylic acids is 1. The second kappa shape index (κ2) is 8.35. The standard InChI is InChI=1S/C22H26N4O/c27-22(21-19-10-3-4-11-20(19)24-25-21)23-15-17-8-7-9-18(14-17)16-26-12-5-1-2-6-13-26/h3-4,7-11,14H,1-2,5-6,12-13,15-16H2,(H,23,27)(H,24,25). The number of rotatable bonds is 5. The number of nitrogens with one attached hydrogen (secondary N) is 2. The summed E-state index contributed by atoms with van der Waals surface area (Å²) in [6.07, 6.45) is 5.30. The van der Waals surface area contributed by atoms with Gasteiger partial charge in [-0.15, -0.1) is 0 Å². The highest BCUT2D eigenvalue weighted by Crippen LogP contribution is 2.16. The zero-order chi connectivity index (χ0) is 18.5. The van der Waals surface area contributed by atoms with Crippen LogP contribution in [-0.4, -0.2) is 34.1 Å². The maximum absolute atomic E-state index is 12.5. The Morgan fingerprint density at radius 2 is 1.78 bits per heavy atom. The number of nitrogens with zero attached hydrogens (tertiary/aromatic N) is 2. The Morgan fingerprint density at radius 3 is 2.63 bits per heavy atom. The lowest BCUT2D eigenvalue weighted by Gasteiger charge is -2.20. The first-order valence-corrected chi connectivity index (χ1v) is 9.81. The van der Waals surface area contributed by atoms with Crippen LogP contribution in [0.3, 0.4) is 0 Å². The molecule has 1 amide bonds. The van der Waals surface area contributed by atoms with Gasteiger partial charge in [0.1, 0.15) is 0 Å². The molecule has 1 fully saturated rings. The number of para-hydroxylation sites is 1. The van der Waals surface area contributed by atoms with Gasteiger partial charge < -0.3 is 5.32 Å². The molecule has 2 N–H and O–H groups in total. The van der Waals surface area contributed by atoms with Gasteiger partial charge in [-0.25, -0.2) is 0 Å². The van der Waals surface area contributed by atoms with Crippen LogP contribution in [0.2, 0.25) is 0 Å². The molecule has 4 rings (SSSR count). The molecule has 0 spiro atoms. The normalized spacial score (nSPS) is 15.6. The quantitative estimate of drug-likeness (QED) is 0.724. The van der Waals surface area contributed by atoms with Crippen molar-refractivity contribution < 1.29 is 4.79 Å². The SMILES string of the molecule is O=C(NCc1cccc(CN2CCCCCC2)c1)c1n[nH]c2ccccc12. The van der Waals surface area contributed by atoms with Crippen molar-refractivity contribution in [2.45, 2.75) is 38.8 Å². The van der Waals surface area contributed by atoms with Crippen molar-refractivity contribution in [1.82, 2.24) is 20.4 Å². The van der Waals surface area contributed by atoms with Crippen LogP contribution in [0.4, 0.5) is 0 Å². The number of amides is 1. The third kappa shape index (κ3) is 4.37. The zero-order valence-corrected chi connectivity index (χ0v) is 15.6. The lowest BCUT2D eigenvalue weighted by atomic mass is 10.1. The van der Waals surface area contributed by atoms with Crippen molar-refractivity contribution >= 4 is 16.8 Å². The van der Waals surface area contributed by atoms with E-state index in [0.717, 1.165) is 23.0 Å². The van der Waals surface area contributed by atoms with Crippen LogP contribution in [0.1, 0.15) is 47.3 Å². The van der Waals surface area contributed by atoms with Crippen LogP contribution in [0.25, 0.3) is 10.9 Å². The highest BCUT2D eigenvalue weighted by Gasteiger charge is 2.14. The fraction of sp³-hybridized carbons (Fsp3) is 0.364. The van der Waals surface area contributed by atoms with Crippen molar-refractivity contribution in [1.29, 1.82) is 0 Å². The van der Waals surface area contributed by atoms with Gasteiger partial charge in [-0.3, -0.25) is 14.8 Å². The summed E-state index contributed by atoms with van der Waals surface area (Å²) >= 11 is 0.